The molecule has 1 aromatic carbocycles. The Labute approximate surface area is 95.5 Å². The highest BCUT2D eigenvalue weighted by Crippen LogP contribution is 2.22. The van der Waals surface area contributed by atoms with Crippen molar-refractivity contribution in [3.8, 4) is 11.6 Å². The number of benzene rings is 1. The van der Waals surface area contributed by atoms with E-state index in [-0.39, 0.29) is 5.82 Å². The summed E-state index contributed by atoms with van der Waals surface area (Å²) in [5.41, 5.74) is 0.511. The summed E-state index contributed by atoms with van der Waals surface area (Å²) in [4.78, 5) is 4.06. The van der Waals surface area contributed by atoms with Crippen molar-refractivity contribution in [1.29, 1.82) is 0 Å². The zero-order chi connectivity index (χ0) is 11.7. The molecule has 0 aliphatic heterocycles. The van der Waals surface area contributed by atoms with Crippen molar-refractivity contribution >= 4 is 5.65 Å². The summed E-state index contributed by atoms with van der Waals surface area (Å²) in [5.74, 6) is 0.512. The Bertz CT molecular complexity index is 650. The van der Waals surface area contributed by atoms with Gasteiger partial charge in [0.15, 0.2) is 0 Å². The minimum absolute atomic E-state index is 0.314. The smallest absolute Gasteiger partial charge is 0.265 e. The lowest BCUT2D eigenvalue weighted by atomic mass is 10.3. The van der Waals surface area contributed by atoms with E-state index < -0.39 is 0 Å². The second-order valence-electron chi connectivity index (χ2n) is 3.35. The molecule has 0 fully saturated rings. The fourth-order valence-electron chi connectivity index (χ4n) is 1.42. The third-order valence-corrected chi connectivity index (χ3v) is 2.21. The standard InChI is InChI=1S/C11H7FN4O/c12-8-1-3-9(4-2-8)17-11-10-15-14-7-16(10)6-5-13-11/h1-7H. The molecule has 0 bridgehead atoms. The van der Waals surface area contributed by atoms with E-state index in [0.717, 1.165) is 0 Å². The van der Waals surface area contributed by atoms with Gasteiger partial charge in [0.05, 0.1) is 0 Å². The van der Waals surface area contributed by atoms with Gasteiger partial charge in [-0.25, -0.2) is 9.37 Å². The Morgan fingerprint density at radius 2 is 2.00 bits per heavy atom. The molecule has 3 aromatic rings. The van der Waals surface area contributed by atoms with Crippen molar-refractivity contribution in [3.63, 3.8) is 0 Å². The number of hydrogen-bond acceptors (Lipinski definition) is 4. The average molecular weight is 230 g/mol. The first kappa shape index (κ1) is 9.71. The molecular formula is C11H7FN4O. The fourth-order valence-corrected chi connectivity index (χ4v) is 1.42. The minimum atomic E-state index is -0.314. The molecule has 6 heteroatoms. The summed E-state index contributed by atoms with van der Waals surface area (Å²) < 4.78 is 19.9. The van der Waals surface area contributed by atoms with Crippen molar-refractivity contribution < 1.29 is 9.13 Å². The van der Waals surface area contributed by atoms with Crippen molar-refractivity contribution in [2.24, 2.45) is 0 Å². The summed E-state index contributed by atoms with van der Waals surface area (Å²) in [5, 5.41) is 7.63. The molecule has 0 saturated carbocycles. The van der Waals surface area contributed by atoms with Crippen LogP contribution in [-0.2, 0) is 0 Å². The quantitative estimate of drug-likeness (QED) is 0.676. The maximum Gasteiger partial charge on any atom is 0.265 e. The Hall–Kier alpha value is -2.50. The van der Waals surface area contributed by atoms with Crippen LogP contribution in [0.5, 0.6) is 11.6 Å². The molecule has 0 aliphatic rings. The zero-order valence-corrected chi connectivity index (χ0v) is 8.62. The maximum absolute atomic E-state index is 12.7. The third-order valence-electron chi connectivity index (χ3n) is 2.21. The van der Waals surface area contributed by atoms with Crippen LogP contribution in [0.25, 0.3) is 5.65 Å². The van der Waals surface area contributed by atoms with Crippen LogP contribution in [-0.4, -0.2) is 19.6 Å². The first-order valence-electron chi connectivity index (χ1n) is 4.91. The highest BCUT2D eigenvalue weighted by molar-refractivity contribution is 5.49. The largest absolute Gasteiger partial charge is 0.436 e. The van der Waals surface area contributed by atoms with Crippen molar-refractivity contribution in [3.05, 3.63) is 48.8 Å². The van der Waals surface area contributed by atoms with Gasteiger partial charge in [-0.2, -0.15) is 0 Å². The Morgan fingerprint density at radius 3 is 2.82 bits per heavy atom. The molecule has 0 N–H and O–H groups in total. The summed E-state index contributed by atoms with van der Waals surface area (Å²) in [6.07, 6.45) is 4.84. The van der Waals surface area contributed by atoms with E-state index in [2.05, 4.69) is 15.2 Å². The second kappa shape index (κ2) is 3.82. The van der Waals surface area contributed by atoms with Crippen LogP contribution in [0.1, 0.15) is 0 Å². The van der Waals surface area contributed by atoms with Gasteiger partial charge in [0.25, 0.3) is 5.88 Å². The van der Waals surface area contributed by atoms with Gasteiger partial charge in [0.1, 0.15) is 17.9 Å². The molecular weight excluding hydrogens is 223 g/mol. The van der Waals surface area contributed by atoms with Crippen LogP contribution in [0.2, 0.25) is 0 Å². The van der Waals surface area contributed by atoms with E-state index in [0.29, 0.717) is 17.3 Å². The number of halogens is 1. The molecule has 3 rings (SSSR count). The lowest BCUT2D eigenvalue weighted by Gasteiger charge is -2.04. The minimum Gasteiger partial charge on any atom is -0.436 e. The number of rotatable bonds is 2. The van der Waals surface area contributed by atoms with Crippen LogP contribution in [0.3, 0.4) is 0 Å². The molecule has 0 radical (unpaired) electrons. The van der Waals surface area contributed by atoms with Gasteiger partial charge in [-0.15, -0.1) is 10.2 Å². The molecule has 5 nitrogen and oxygen atoms in total. The average Bonchev–Trinajstić information content (AvgIpc) is 2.81. The highest BCUT2D eigenvalue weighted by atomic mass is 19.1. The van der Waals surface area contributed by atoms with Crippen LogP contribution < -0.4 is 4.74 Å². The lowest BCUT2D eigenvalue weighted by molar-refractivity contribution is 0.463. The Morgan fingerprint density at radius 1 is 1.18 bits per heavy atom. The second-order valence-corrected chi connectivity index (χ2v) is 3.35. The van der Waals surface area contributed by atoms with Crippen LogP contribution in [0.4, 0.5) is 4.39 Å². The summed E-state index contributed by atoms with van der Waals surface area (Å²) in [6, 6.07) is 5.69. The Kier molecular flexibility index (Phi) is 2.18. The molecule has 0 aliphatic carbocycles. The first-order chi connectivity index (χ1) is 8.33. The van der Waals surface area contributed by atoms with E-state index in [1.165, 1.54) is 24.3 Å². The van der Waals surface area contributed by atoms with Crippen LogP contribution in [0.15, 0.2) is 43.0 Å². The summed E-state index contributed by atoms with van der Waals surface area (Å²) >= 11 is 0. The van der Waals surface area contributed by atoms with E-state index in [9.17, 15) is 4.39 Å². The maximum atomic E-state index is 12.7. The number of fused-ring (bicyclic) bond motifs is 1. The molecule has 2 heterocycles. The van der Waals surface area contributed by atoms with Gasteiger partial charge in [0, 0.05) is 12.4 Å². The fraction of sp³-hybridized carbons (Fsp3) is 0. The number of ether oxygens (including phenoxy) is 1. The monoisotopic (exact) mass is 230 g/mol. The normalized spacial score (nSPS) is 10.6. The summed E-state index contributed by atoms with van der Waals surface area (Å²) in [6.45, 7) is 0. The lowest BCUT2D eigenvalue weighted by Crippen LogP contribution is -1.93. The van der Waals surface area contributed by atoms with Crippen molar-refractivity contribution in [2.45, 2.75) is 0 Å². The first-order valence-corrected chi connectivity index (χ1v) is 4.91. The van der Waals surface area contributed by atoms with Crippen molar-refractivity contribution in [2.75, 3.05) is 0 Å². The molecule has 0 unspecified atom stereocenters. The summed E-state index contributed by atoms with van der Waals surface area (Å²) in [7, 11) is 0. The van der Waals surface area contributed by atoms with E-state index >= 15 is 0 Å². The van der Waals surface area contributed by atoms with Crippen LogP contribution in [0, 0.1) is 5.82 Å². The molecule has 17 heavy (non-hydrogen) atoms. The van der Waals surface area contributed by atoms with Gasteiger partial charge in [-0.1, -0.05) is 0 Å². The van der Waals surface area contributed by atoms with Gasteiger partial charge in [-0.05, 0) is 24.3 Å². The molecule has 0 spiro atoms. The highest BCUT2D eigenvalue weighted by Gasteiger charge is 2.07. The predicted molar refractivity (Wildman–Crippen MR) is 57.3 cm³/mol. The molecule has 84 valence electrons. The number of hydrogen-bond donors (Lipinski definition) is 0. The molecule has 0 amide bonds. The van der Waals surface area contributed by atoms with Gasteiger partial charge < -0.3 is 4.74 Å². The van der Waals surface area contributed by atoms with Crippen LogP contribution >= 0.6 is 0 Å². The topological polar surface area (TPSA) is 52.3 Å². The number of nitrogens with zero attached hydrogens (tertiary/aromatic N) is 4. The van der Waals surface area contributed by atoms with E-state index in [1.54, 1.807) is 23.1 Å². The molecule has 2 aromatic heterocycles. The molecule has 0 saturated heterocycles. The van der Waals surface area contributed by atoms with E-state index in [1.807, 2.05) is 0 Å². The third kappa shape index (κ3) is 1.80. The molecule has 0 atom stereocenters. The van der Waals surface area contributed by atoms with Crippen molar-refractivity contribution in [1.82, 2.24) is 19.6 Å². The zero-order valence-electron chi connectivity index (χ0n) is 8.62. The van der Waals surface area contributed by atoms with Gasteiger partial charge in [0.2, 0.25) is 5.65 Å². The SMILES string of the molecule is Fc1ccc(Oc2nccn3cnnc23)cc1. The number of aromatic nitrogens is 4. The van der Waals surface area contributed by atoms with Gasteiger partial charge >= 0.3 is 0 Å². The predicted octanol–water partition coefficient (Wildman–Crippen LogP) is 2.06. The van der Waals surface area contributed by atoms with Gasteiger partial charge in [-0.3, -0.25) is 4.40 Å². The van der Waals surface area contributed by atoms with E-state index in [4.69, 9.17) is 4.74 Å². The Balaban J connectivity index is 1.99.